The normalized spacial score (nSPS) is 12.6. The maximum absolute atomic E-state index is 11.8. The molecule has 0 aliphatic carbocycles. The second-order valence-electron chi connectivity index (χ2n) is 8.05. The summed E-state index contributed by atoms with van der Waals surface area (Å²) >= 11 is 1.47. The molecule has 5 nitrogen and oxygen atoms in total. The number of carbonyl (C=O) groups excluding carboxylic acids is 2. The number of rotatable bonds is 21. The number of hydrogen-bond acceptors (Lipinski definition) is 5. The molecule has 1 amide bonds. The van der Waals surface area contributed by atoms with Crippen LogP contribution in [0.3, 0.4) is 0 Å². The van der Waals surface area contributed by atoms with Gasteiger partial charge in [-0.25, -0.2) is 0 Å². The molecule has 0 saturated carbocycles. The molecular formula is C29H46N2O3S. The molecule has 0 aromatic carbocycles. The Kier molecular flexibility index (Phi) is 24.6. The zero-order valence-corrected chi connectivity index (χ0v) is 22.8. The van der Waals surface area contributed by atoms with E-state index in [-0.39, 0.29) is 11.9 Å². The lowest BCUT2D eigenvalue weighted by atomic mass is 10.2. The van der Waals surface area contributed by atoms with E-state index in [1.807, 2.05) is 31.1 Å². The van der Waals surface area contributed by atoms with E-state index in [1.165, 1.54) is 11.8 Å². The van der Waals surface area contributed by atoms with Gasteiger partial charge in [-0.1, -0.05) is 79.8 Å². The molecule has 0 saturated heterocycles. The van der Waals surface area contributed by atoms with Crippen molar-refractivity contribution in [2.45, 2.75) is 51.9 Å². The van der Waals surface area contributed by atoms with Gasteiger partial charge in [0, 0.05) is 25.3 Å². The van der Waals surface area contributed by atoms with Crippen LogP contribution in [-0.2, 0) is 14.3 Å². The maximum Gasteiger partial charge on any atom is 0.315 e. The van der Waals surface area contributed by atoms with Crippen LogP contribution in [0.15, 0.2) is 72.9 Å². The van der Waals surface area contributed by atoms with Crippen molar-refractivity contribution < 1.29 is 14.3 Å². The van der Waals surface area contributed by atoms with Crippen LogP contribution in [0.1, 0.15) is 51.9 Å². The summed E-state index contributed by atoms with van der Waals surface area (Å²) in [5.74, 6) is 0.801. The van der Waals surface area contributed by atoms with Gasteiger partial charge in [-0.3, -0.25) is 9.59 Å². The highest BCUT2D eigenvalue weighted by Gasteiger charge is 2.03. The minimum absolute atomic E-state index is 0.000742. The third-order valence-corrected chi connectivity index (χ3v) is 5.42. The molecular weight excluding hydrogens is 456 g/mol. The number of hydrogen-bond donors (Lipinski definition) is 1. The average Bonchev–Trinajstić information content (AvgIpc) is 2.82. The summed E-state index contributed by atoms with van der Waals surface area (Å²) in [5, 5.41) is 2.86. The molecule has 0 aliphatic rings. The Hall–Kier alpha value is -2.31. The van der Waals surface area contributed by atoms with Gasteiger partial charge in [0.05, 0.1) is 5.75 Å². The van der Waals surface area contributed by atoms with Gasteiger partial charge in [0.15, 0.2) is 0 Å². The van der Waals surface area contributed by atoms with Gasteiger partial charge in [-0.15, -0.1) is 11.8 Å². The van der Waals surface area contributed by atoms with E-state index in [0.29, 0.717) is 31.1 Å². The molecule has 0 heterocycles. The van der Waals surface area contributed by atoms with Crippen molar-refractivity contribution in [1.29, 1.82) is 0 Å². The Balaban J connectivity index is 3.60. The highest BCUT2D eigenvalue weighted by atomic mass is 32.2. The van der Waals surface area contributed by atoms with Crippen LogP contribution in [0.2, 0.25) is 0 Å². The Morgan fingerprint density at radius 1 is 0.771 bits per heavy atom. The second kappa shape index (κ2) is 26.3. The standard InChI is InChI=1S/C29H46N2O3S/c1-4-5-6-7-8-9-10-11-12-13-14-15-16-17-18-19-20-21-22-28(32)30-23-26-35-27-29(33)34-25-24-31(2)3/h5-6,8-9,11-12,14-15,17-18,20-21H,4,7,10,13,16,19,22-27H2,1-3H3,(H,30,32)/b6-5-,9-8-,12-11-,15-14-,18-17-,21-20-. The third kappa shape index (κ3) is 27.8. The average molecular weight is 503 g/mol. The molecule has 0 aromatic heterocycles. The first-order chi connectivity index (χ1) is 17.1. The molecule has 1 N–H and O–H groups in total. The van der Waals surface area contributed by atoms with Crippen molar-refractivity contribution in [2.24, 2.45) is 0 Å². The molecule has 0 atom stereocenters. The topological polar surface area (TPSA) is 58.6 Å². The highest BCUT2D eigenvalue weighted by Crippen LogP contribution is 2.00. The van der Waals surface area contributed by atoms with Gasteiger partial charge < -0.3 is 15.0 Å². The first-order valence-electron chi connectivity index (χ1n) is 12.6. The molecule has 0 fully saturated rings. The molecule has 0 rings (SSSR count). The minimum Gasteiger partial charge on any atom is -0.464 e. The lowest BCUT2D eigenvalue weighted by Gasteiger charge is -2.09. The van der Waals surface area contributed by atoms with Crippen molar-refractivity contribution in [2.75, 3.05) is 45.3 Å². The monoisotopic (exact) mass is 502 g/mol. The van der Waals surface area contributed by atoms with E-state index >= 15 is 0 Å². The lowest BCUT2D eigenvalue weighted by molar-refractivity contribution is -0.140. The van der Waals surface area contributed by atoms with Crippen LogP contribution in [-0.4, -0.2) is 62.1 Å². The number of esters is 1. The fourth-order valence-corrected chi connectivity index (χ4v) is 3.23. The number of thioether (sulfide) groups is 1. The number of allylic oxidation sites excluding steroid dienone is 11. The number of nitrogens with zero attached hydrogens (tertiary/aromatic N) is 1. The predicted molar refractivity (Wildman–Crippen MR) is 153 cm³/mol. The Morgan fingerprint density at radius 2 is 1.26 bits per heavy atom. The first-order valence-corrected chi connectivity index (χ1v) is 13.8. The Bertz CT molecular complexity index is 707. The number of nitrogens with one attached hydrogen (secondary N) is 1. The molecule has 35 heavy (non-hydrogen) atoms. The van der Waals surface area contributed by atoms with Crippen LogP contribution in [0, 0.1) is 0 Å². The van der Waals surface area contributed by atoms with E-state index in [0.717, 1.165) is 45.1 Å². The molecule has 0 aromatic rings. The number of carbonyl (C=O) groups is 2. The van der Waals surface area contributed by atoms with E-state index in [4.69, 9.17) is 4.74 Å². The second-order valence-corrected chi connectivity index (χ2v) is 9.15. The number of amides is 1. The van der Waals surface area contributed by atoms with Gasteiger partial charge in [0.2, 0.25) is 5.91 Å². The van der Waals surface area contributed by atoms with Crippen molar-refractivity contribution in [1.82, 2.24) is 10.2 Å². The molecule has 0 bridgehead atoms. The van der Waals surface area contributed by atoms with Gasteiger partial charge in [-0.05, 0) is 52.6 Å². The van der Waals surface area contributed by atoms with Crippen LogP contribution < -0.4 is 5.32 Å². The quantitative estimate of drug-likeness (QED) is 0.118. The summed E-state index contributed by atoms with van der Waals surface area (Å²) in [6.07, 6.45) is 31.9. The van der Waals surface area contributed by atoms with E-state index in [9.17, 15) is 9.59 Å². The Morgan fingerprint density at radius 3 is 1.74 bits per heavy atom. The van der Waals surface area contributed by atoms with Gasteiger partial charge in [-0.2, -0.15) is 0 Å². The zero-order valence-electron chi connectivity index (χ0n) is 22.0. The van der Waals surface area contributed by atoms with Crippen molar-refractivity contribution in [3.05, 3.63) is 72.9 Å². The van der Waals surface area contributed by atoms with E-state index in [1.54, 1.807) is 0 Å². The largest absolute Gasteiger partial charge is 0.464 e. The van der Waals surface area contributed by atoms with Crippen molar-refractivity contribution >= 4 is 23.6 Å². The van der Waals surface area contributed by atoms with Gasteiger partial charge in [0.25, 0.3) is 0 Å². The van der Waals surface area contributed by atoms with Crippen molar-refractivity contribution in [3.63, 3.8) is 0 Å². The molecule has 0 radical (unpaired) electrons. The minimum atomic E-state index is -0.207. The van der Waals surface area contributed by atoms with Crippen LogP contribution >= 0.6 is 11.8 Å². The van der Waals surface area contributed by atoms with Crippen LogP contribution in [0.4, 0.5) is 0 Å². The molecule has 6 heteroatoms. The van der Waals surface area contributed by atoms with Crippen LogP contribution in [0.25, 0.3) is 0 Å². The number of likely N-dealkylation sites (N-methyl/N-ethyl adjacent to an activating group) is 1. The Labute approximate surface area is 218 Å². The fraction of sp³-hybridized carbons (Fsp3) is 0.517. The van der Waals surface area contributed by atoms with Gasteiger partial charge in [0.1, 0.15) is 6.61 Å². The summed E-state index contributed by atoms with van der Waals surface area (Å²) in [6, 6.07) is 0. The molecule has 0 unspecified atom stereocenters. The van der Waals surface area contributed by atoms with Gasteiger partial charge >= 0.3 is 5.97 Å². The fourth-order valence-electron chi connectivity index (χ4n) is 2.59. The molecule has 0 spiro atoms. The molecule has 196 valence electrons. The summed E-state index contributed by atoms with van der Waals surface area (Å²) in [5.41, 5.74) is 0. The third-order valence-electron chi connectivity index (χ3n) is 4.49. The molecule has 0 aliphatic heterocycles. The number of ether oxygens (including phenoxy) is 1. The zero-order chi connectivity index (χ0) is 25.8. The smallest absolute Gasteiger partial charge is 0.315 e. The lowest BCUT2D eigenvalue weighted by Crippen LogP contribution is -2.25. The summed E-state index contributed by atoms with van der Waals surface area (Å²) in [4.78, 5) is 25.3. The van der Waals surface area contributed by atoms with Crippen LogP contribution in [0.5, 0.6) is 0 Å². The maximum atomic E-state index is 11.8. The summed E-state index contributed by atoms with van der Waals surface area (Å²) in [6.45, 7) is 3.84. The summed E-state index contributed by atoms with van der Waals surface area (Å²) < 4.78 is 5.11. The SMILES string of the molecule is CC/C=C\C/C=C\C/C=C\C/C=C\C/C=C\C/C=C\CC(=O)NCCSCC(=O)OCCN(C)C. The van der Waals surface area contributed by atoms with E-state index < -0.39 is 0 Å². The predicted octanol–water partition coefficient (Wildman–Crippen LogP) is 6.03. The van der Waals surface area contributed by atoms with Crippen molar-refractivity contribution in [3.8, 4) is 0 Å². The van der Waals surface area contributed by atoms with E-state index in [2.05, 4.69) is 73.0 Å². The highest BCUT2D eigenvalue weighted by molar-refractivity contribution is 7.99. The first kappa shape index (κ1) is 32.7. The summed E-state index contributed by atoms with van der Waals surface area (Å²) in [7, 11) is 3.87.